The van der Waals surface area contributed by atoms with Crippen molar-refractivity contribution in [2.24, 2.45) is 0 Å². The number of anilines is 1. The van der Waals surface area contributed by atoms with Crippen molar-refractivity contribution in [3.63, 3.8) is 0 Å². The molecule has 0 aliphatic carbocycles. The van der Waals surface area contributed by atoms with Crippen LogP contribution in [0.15, 0.2) is 47.5 Å². The van der Waals surface area contributed by atoms with Crippen LogP contribution in [-0.4, -0.2) is 43.9 Å². The molecule has 0 atom stereocenters. The number of nitrogens with zero attached hydrogens (tertiary/aromatic N) is 4. The zero-order chi connectivity index (χ0) is 18.6. The molecule has 0 spiro atoms. The molecule has 1 aromatic heterocycles. The quantitative estimate of drug-likeness (QED) is 0.808. The van der Waals surface area contributed by atoms with Crippen LogP contribution in [0.4, 0.5) is 5.82 Å². The molecular formula is C19H22N4O2S. The normalized spacial score (nSPS) is 15.6. The number of aryl methyl sites for hydroxylation is 1. The highest BCUT2D eigenvalue weighted by Crippen LogP contribution is 2.22. The van der Waals surface area contributed by atoms with Crippen LogP contribution in [-0.2, 0) is 16.4 Å². The predicted octanol–water partition coefficient (Wildman–Crippen LogP) is 2.42. The van der Waals surface area contributed by atoms with Gasteiger partial charge in [-0.2, -0.15) is 9.57 Å². The molecular weight excluding hydrogens is 348 g/mol. The van der Waals surface area contributed by atoms with Crippen molar-refractivity contribution in [1.82, 2.24) is 9.29 Å². The maximum atomic E-state index is 12.9. The Morgan fingerprint density at radius 2 is 1.81 bits per heavy atom. The Morgan fingerprint density at radius 3 is 2.42 bits per heavy atom. The second-order valence-electron chi connectivity index (χ2n) is 6.27. The van der Waals surface area contributed by atoms with E-state index in [9.17, 15) is 13.7 Å². The van der Waals surface area contributed by atoms with Gasteiger partial charge >= 0.3 is 0 Å². The standard InChI is InChI=1S/C19H22N4O2S/c1-2-4-16-6-8-18(9-7-16)26(24,25)23-13-11-22(12-14-23)19-17(15-20)5-3-10-21-19/h3,5-10H,2,4,11-14H2,1H3. The first-order valence-electron chi connectivity index (χ1n) is 8.75. The van der Waals surface area contributed by atoms with E-state index < -0.39 is 10.0 Å². The van der Waals surface area contributed by atoms with Crippen molar-refractivity contribution in [2.75, 3.05) is 31.1 Å². The molecule has 0 radical (unpaired) electrons. The summed E-state index contributed by atoms with van der Waals surface area (Å²) in [6.45, 7) is 3.88. The van der Waals surface area contributed by atoms with Crippen molar-refractivity contribution in [3.8, 4) is 6.07 Å². The number of hydrogen-bond donors (Lipinski definition) is 0. The molecule has 1 saturated heterocycles. The van der Waals surface area contributed by atoms with Crippen molar-refractivity contribution in [2.45, 2.75) is 24.7 Å². The van der Waals surface area contributed by atoms with Crippen LogP contribution in [0.1, 0.15) is 24.5 Å². The molecule has 1 aromatic carbocycles. The second kappa shape index (κ2) is 7.85. The topological polar surface area (TPSA) is 77.3 Å². The molecule has 7 heteroatoms. The second-order valence-corrected chi connectivity index (χ2v) is 8.21. The molecule has 0 unspecified atom stereocenters. The third-order valence-corrected chi connectivity index (χ3v) is 6.46. The summed E-state index contributed by atoms with van der Waals surface area (Å²) in [5, 5.41) is 9.22. The van der Waals surface area contributed by atoms with Gasteiger partial charge in [-0.3, -0.25) is 0 Å². The van der Waals surface area contributed by atoms with Crippen LogP contribution in [0, 0.1) is 11.3 Å². The van der Waals surface area contributed by atoms with E-state index in [1.165, 1.54) is 4.31 Å². The number of pyridine rings is 1. The summed E-state index contributed by atoms with van der Waals surface area (Å²) < 4.78 is 27.2. The van der Waals surface area contributed by atoms with E-state index in [4.69, 9.17) is 0 Å². The van der Waals surface area contributed by atoms with Gasteiger partial charge in [-0.1, -0.05) is 25.5 Å². The first-order valence-corrected chi connectivity index (χ1v) is 10.2. The van der Waals surface area contributed by atoms with E-state index in [1.54, 1.807) is 30.5 Å². The minimum atomic E-state index is -3.49. The molecule has 0 amide bonds. The molecule has 2 aromatic rings. The van der Waals surface area contributed by atoms with Gasteiger partial charge < -0.3 is 4.90 Å². The Morgan fingerprint density at radius 1 is 1.12 bits per heavy atom. The fourth-order valence-corrected chi connectivity index (χ4v) is 4.56. The number of benzene rings is 1. The van der Waals surface area contributed by atoms with Crippen LogP contribution < -0.4 is 4.90 Å². The van der Waals surface area contributed by atoms with Gasteiger partial charge in [-0.05, 0) is 36.2 Å². The Kier molecular flexibility index (Phi) is 5.55. The molecule has 0 saturated carbocycles. The van der Waals surface area contributed by atoms with Crippen LogP contribution in [0.3, 0.4) is 0 Å². The predicted molar refractivity (Wildman–Crippen MR) is 100 cm³/mol. The Balaban J connectivity index is 1.71. The zero-order valence-corrected chi connectivity index (χ0v) is 15.6. The first kappa shape index (κ1) is 18.4. The molecule has 26 heavy (non-hydrogen) atoms. The lowest BCUT2D eigenvalue weighted by Crippen LogP contribution is -2.49. The maximum absolute atomic E-state index is 12.9. The number of sulfonamides is 1. The Bertz CT molecular complexity index is 896. The summed E-state index contributed by atoms with van der Waals surface area (Å²) in [6.07, 6.45) is 3.63. The highest BCUT2D eigenvalue weighted by atomic mass is 32.2. The molecule has 6 nitrogen and oxygen atoms in total. The molecule has 0 N–H and O–H groups in total. The SMILES string of the molecule is CCCc1ccc(S(=O)(=O)N2CCN(c3ncccc3C#N)CC2)cc1. The van der Waals surface area contributed by atoms with Crippen LogP contribution in [0.2, 0.25) is 0 Å². The molecule has 136 valence electrons. The molecule has 2 heterocycles. The van der Waals surface area contributed by atoms with Crippen LogP contribution in [0.25, 0.3) is 0 Å². The molecule has 3 rings (SSSR count). The minimum Gasteiger partial charge on any atom is -0.353 e. The van der Waals surface area contributed by atoms with Gasteiger partial charge in [0.2, 0.25) is 10.0 Å². The summed E-state index contributed by atoms with van der Waals surface area (Å²) in [4.78, 5) is 6.58. The van der Waals surface area contributed by atoms with Gasteiger partial charge in [0.15, 0.2) is 0 Å². The molecule has 1 fully saturated rings. The highest BCUT2D eigenvalue weighted by molar-refractivity contribution is 7.89. The van der Waals surface area contributed by atoms with Crippen LogP contribution in [0.5, 0.6) is 0 Å². The summed E-state index contributed by atoms with van der Waals surface area (Å²) in [6, 6.07) is 12.8. The van der Waals surface area contributed by atoms with Gasteiger partial charge in [0.1, 0.15) is 11.9 Å². The third-order valence-electron chi connectivity index (χ3n) is 4.55. The van der Waals surface area contributed by atoms with Gasteiger partial charge in [0, 0.05) is 32.4 Å². The number of hydrogen-bond acceptors (Lipinski definition) is 5. The van der Waals surface area contributed by atoms with Gasteiger partial charge in [0.05, 0.1) is 10.5 Å². The van der Waals surface area contributed by atoms with Crippen molar-refractivity contribution < 1.29 is 8.42 Å². The van der Waals surface area contributed by atoms with E-state index >= 15 is 0 Å². The van der Waals surface area contributed by atoms with E-state index in [0.717, 1.165) is 18.4 Å². The molecule has 1 aliphatic heterocycles. The number of aromatic nitrogens is 1. The molecule has 1 aliphatic rings. The Labute approximate surface area is 154 Å². The maximum Gasteiger partial charge on any atom is 0.243 e. The average molecular weight is 370 g/mol. The minimum absolute atomic E-state index is 0.335. The van der Waals surface area contributed by atoms with Crippen molar-refractivity contribution in [1.29, 1.82) is 5.26 Å². The summed E-state index contributed by atoms with van der Waals surface area (Å²) >= 11 is 0. The van der Waals surface area contributed by atoms with Gasteiger partial charge in [0.25, 0.3) is 0 Å². The monoisotopic (exact) mass is 370 g/mol. The van der Waals surface area contributed by atoms with Gasteiger partial charge in [-0.25, -0.2) is 13.4 Å². The van der Waals surface area contributed by atoms with E-state index in [2.05, 4.69) is 18.0 Å². The van der Waals surface area contributed by atoms with Gasteiger partial charge in [-0.15, -0.1) is 0 Å². The van der Waals surface area contributed by atoms with Crippen LogP contribution >= 0.6 is 0 Å². The lowest BCUT2D eigenvalue weighted by atomic mass is 10.1. The highest BCUT2D eigenvalue weighted by Gasteiger charge is 2.29. The smallest absolute Gasteiger partial charge is 0.243 e. The van der Waals surface area contributed by atoms with E-state index in [0.29, 0.717) is 42.5 Å². The lowest BCUT2D eigenvalue weighted by molar-refractivity contribution is 0.383. The third kappa shape index (κ3) is 3.71. The lowest BCUT2D eigenvalue weighted by Gasteiger charge is -2.35. The number of piperazine rings is 1. The summed E-state index contributed by atoms with van der Waals surface area (Å²) in [7, 11) is -3.49. The van der Waals surface area contributed by atoms with Crippen molar-refractivity contribution >= 4 is 15.8 Å². The molecule has 0 bridgehead atoms. The van der Waals surface area contributed by atoms with E-state index in [1.807, 2.05) is 17.0 Å². The largest absolute Gasteiger partial charge is 0.353 e. The number of nitriles is 1. The zero-order valence-electron chi connectivity index (χ0n) is 14.8. The Hall–Kier alpha value is -2.43. The average Bonchev–Trinajstić information content (AvgIpc) is 2.69. The number of rotatable bonds is 5. The fourth-order valence-electron chi connectivity index (χ4n) is 3.14. The fraction of sp³-hybridized carbons (Fsp3) is 0.368. The summed E-state index contributed by atoms with van der Waals surface area (Å²) in [5.41, 5.74) is 1.66. The summed E-state index contributed by atoms with van der Waals surface area (Å²) in [5.74, 6) is 0.621. The van der Waals surface area contributed by atoms with Crippen molar-refractivity contribution in [3.05, 3.63) is 53.7 Å². The van der Waals surface area contributed by atoms with E-state index in [-0.39, 0.29) is 0 Å². The first-order chi connectivity index (χ1) is 12.6.